The van der Waals surface area contributed by atoms with Crippen LogP contribution in [-0.2, 0) is 4.74 Å². The van der Waals surface area contributed by atoms with Crippen LogP contribution < -0.4 is 5.73 Å². The van der Waals surface area contributed by atoms with Crippen molar-refractivity contribution in [3.63, 3.8) is 0 Å². The van der Waals surface area contributed by atoms with Gasteiger partial charge in [0.15, 0.2) is 5.82 Å². The molecule has 3 heterocycles. The predicted octanol–water partition coefficient (Wildman–Crippen LogP) is 1.56. The normalized spacial score (nSPS) is 35.1. The van der Waals surface area contributed by atoms with Gasteiger partial charge in [-0.05, 0) is 26.2 Å². The maximum atomic E-state index is 5.84. The van der Waals surface area contributed by atoms with Crippen molar-refractivity contribution in [1.29, 1.82) is 0 Å². The van der Waals surface area contributed by atoms with Gasteiger partial charge in [0.1, 0.15) is 0 Å². The highest BCUT2D eigenvalue weighted by Gasteiger charge is 2.43. The molecule has 0 aromatic carbocycles. The summed E-state index contributed by atoms with van der Waals surface area (Å²) < 4.78 is 11.1. The summed E-state index contributed by atoms with van der Waals surface area (Å²) in [6.07, 6.45) is 4.06. The summed E-state index contributed by atoms with van der Waals surface area (Å²) in [7, 11) is 0. The van der Waals surface area contributed by atoms with Crippen molar-refractivity contribution in [3.8, 4) is 0 Å². The zero-order chi connectivity index (χ0) is 12.0. The number of hydrogen-bond donors (Lipinski definition) is 1. The van der Waals surface area contributed by atoms with Crippen LogP contribution in [0.3, 0.4) is 0 Å². The Labute approximate surface area is 101 Å². The second-order valence-electron chi connectivity index (χ2n) is 5.35. The molecule has 2 saturated heterocycles. The lowest BCUT2D eigenvalue weighted by Gasteiger charge is -2.14. The largest absolute Gasteiger partial charge is 0.374 e. The van der Waals surface area contributed by atoms with Gasteiger partial charge in [-0.2, -0.15) is 4.98 Å². The summed E-state index contributed by atoms with van der Waals surface area (Å²) in [6.45, 7) is 3.97. The van der Waals surface area contributed by atoms with Gasteiger partial charge in [-0.1, -0.05) is 12.1 Å². The Kier molecular flexibility index (Phi) is 2.67. The summed E-state index contributed by atoms with van der Waals surface area (Å²) in [5.41, 5.74) is 5.84. The Morgan fingerprint density at radius 1 is 1.35 bits per heavy atom. The molecule has 2 aliphatic rings. The first kappa shape index (κ1) is 11.2. The second-order valence-corrected chi connectivity index (χ2v) is 5.35. The zero-order valence-electron chi connectivity index (χ0n) is 10.3. The van der Waals surface area contributed by atoms with Crippen molar-refractivity contribution >= 4 is 0 Å². The average molecular weight is 237 g/mol. The standard InChI is InChI=1S/C12H19N3O2/c1-6(7(2)13)12-14-11(15-17-12)9-5-8-3-4-10(9)16-8/h6-10H,3-5,13H2,1-2H3. The van der Waals surface area contributed by atoms with Crippen molar-refractivity contribution in [2.75, 3.05) is 0 Å². The molecule has 5 nitrogen and oxygen atoms in total. The fourth-order valence-electron chi connectivity index (χ4n) is 2.72. The van der Waals surface area contributed by atoms with Gasteiger partial charge in [-0.15, -0.1) is 0 Å². The van der Waals surface area contributed by atoms with E-state index in [-0.39, 0.29) is 12.0 Å². The molecule has 0 saturated carbocycles. The summed E-state index contributed by atoms with van der Waals surface area (Å²) in [6, 6.07) is 0.0274. The molecule has 0 spiro atoms. The number of rotatable bonds is 3. The predicted molar refractivity (Wildman–Crippen MR) is 61.6 cm³/mol. The monoisotopic (exact) mass is 237 g/mol. The fraction of sp³-hybridized carbons (Fsp3) is 0.833. The number of ether oxygens (including phenoxy) is 1. The molecule has 1 aromatic rings. The molecule has 94 valence electrons. The van der Waals surface area contributed by atoms with E-state index >= 15 is 0 Å². The van der Waals surface area contributed by atoms with Gasteiger partial charge in [0.05, 0.1) is 24.0 Å². The van der Waals surface area contributed by atoms with Gasteiger partial charge in [-0.3, -0.25) is 0 Å². The maximum Gasteiger partial charge on any atom is 0.231 e. The Balaban J connectivity index is 1.77. The molecule has 0 aliphatic carbocycles. The van der Waals surface area contributed by atoms with Crippen LogP contribution in [0, 0.1) is 0 Å². The molecule has 2 fully saturated rings. The van der Waals surface area contributed by atoms with E-state index in [0.29, 0.717) is 24.0 Å². The van der Waals surface area contributed by atoms with E-state index < -0.39 is 0 Å². The first-order valence-corrected chi connectivity index (χ1v) is 6.39. The topological polar surface area (TPSA) is 74.2 Å². The van der Waals surface area contributed by atoms with Crippen molar-refractivity contribution in [2.45, 2.75) is 63.2 Å². The van der Waals surface area contributed by atoms with Gasteiger partial charge in [-0.25, -0.2) is 0 Å². The highest BCUT2D eigenvalue weighted by molar-refractivity contribution is 5.08. The Bertz CT molecular complexity index is 404. The van der Waals surface area contributed by atoms with E-state index in [0.717, 1.165) is 18.7 Å². The minimum absolute atomic E-state index is 0.0274. The van der Waals surface area contributed by atoms with Crippen LogP contribution in [0.2, 0.25) is 0 Å². The van der Waals surface area contributed by atoms with Gasteiger partial charge < -0.3 is 15.0 Å². The van der Waals surface area contributed by atoms with Crippen LogP contribution in [0.4, 0.5) is 0 Å². The van der Waals surface area contributed by atoms with Crippen LogP contribution in [0.25, 0.3) is 0 Å². The molecular weight excluding hydrogens is 218 g/mol. The van der Waals surface area contributed by atoms with E-state index in [4.69, 9.17) is 15.0 Å². The lowest BCUT2D eigenvalue weighted by molar-refractivity contribution is 0.0996. The molecule has 2 bridgehead atoms. The Morgan fingerprint density at radius 3 is 2.76 bits per heavy atom. The molecule has 3 rings (SSSR count). The van der Waals surface area contributed by atoms with Gasteiger partial charge in [0.25, 0.3) is 0 Å². The molecule has 0 amide bonds. The van der Waals surface area contributed by atoms with Crippen molar-refractivity contribution in [1.82, 2.24) is 10.1 Å². The Morgan fingerprint density at radius 2 is 2.18 bits per heavy atom. The molecule has 0 radical (unpaired) electrons. The van der Waals surface area contributed by atoms with Crippen LogP contribution in [0.15, 0.2) is 4.52 Å². The van der Waals surface area contributed by atoms with E-state index in [1.807, 2.05) is 13.8 Å². The smallest absolute Gasteiger partial charge is 0.231 e. The summed E-state index contributed by atoms with van der Waals surface area (Å²) >= 11 is 0. The molecule has 2 N–H and O–H groups in total. The maximum absolute atomic E-state index is 5.84. The summed E-state index contributed by atoms with van der Waals surface area (Å²) in [5, 5.41) is 4.10. The molecule has 5 heteroatoms. The van der Waals surface area contributed by atoms with Gasteiger partial charge in [0, 0.05) is 6.04 Å². The van der Waals surface area contributed by atoms with Crippen LogP contribution in [-0.4, -0.2) is 28.4 Å². The molecule has 2 aliphatic heterocycles. The fourth-order valence-corrected chi connectivity index (χ4v) is 2.72. The minimum Gasteiger partial charge on any atom is -0.374 e. The quantitative estimate of drug-likeness (QED) is 0.863. The molecule has 5 atom stereocenters. The van der Waals surface area contributed by atoms with Gasteiger partial charge >= 0.3 is 0 Å². The molecular formula is C12H19N3O2. The third-order valence-electron chi connectivity index (χ3n) is 4.07. The molecule has 1 aromatic heterocycles. The lowest BCUT2D eigenvalue weighted by atomic mass is 9.89. The van der Waals surface area contributed by atoms with Crippen LogP contribution >= 0.6 is 0 Å². The zero-order valence-corrected chi connectivity index (χ0v) is 10.3. The minimum atomic E-state index is 0.0274. The van der Waals surface area contributed by atoms with Crippen LogP contribution in [0.5, 0.6) is 0 Å². The average Bonchev–Trinajstić information content (AvgIpc) is 3.02. The van der Waals surface area contributed by atoms with Crippen molar-refractivity contribution < 1.29 is 9.26 Å². The highest BCUT2D eigenvalue weighted by atomic mass is 16.5. The number of nitrogens with two attached hydrogens (primary N) is 1. The second kappa shape index (κ2) is 4.07. The van der Waals surface area contributed by atoms with E-state index in [2.05, 4.69) is 10.1 Å². The first-order valence-electron chi connectivity index (χ1n) is 6.39. The number of fused-ring (bicyclic) bond motifs is 2. The third kappa shape index (κ3) is 1.87. The first-order chi connectivity index (χ1) is 8.15. The van der Waals surface area contributed by atoms with Crippen molar-refractivity contribution in [2.24, 2.45) is 5.73 Å². The Hall–Kier alpha value is -0.940. The number of hydrogen-bond acceptors (Lipinski definition) is 5. The van der Waals surface area contributed by atoms with E-state index in [1.54, 1.807) is 0 Å². The number of aromatic nitrogens is 2. The lowest BCUT2D eigenvalue weighted by Crippen LogP contribution is -2.23. The SMILES string of the molecule is CC(N)C(C)c1nc(C2CC3CCC2O3)no1. The molecule has 17 heavy (non-hydrogen) atoms. The van der Waals surface area contributed by atoms with E-state index in [1.165, 1.54) is 6.42 Å². The van der Waals surface area contributed by atoms with Crippen molar-refractivity contribution in [3.05, 3.63) is 11.7 Å². The highest BCUT2D eigenvalue weighted by Crippen LogP contribution is 2.43. The summed E-state index contributed by atoms with van der Waals surface area (Å²) in [4.78, 5) is 4.49. The van der Waals surface area contributed by atoms with Gasteiger partial charge in [0.2, 0.25) is 5.89 Å². The summed E-state index contributed by atoms with van der Waals surface area (Å²) in [5.74, 6) is 1.89. The van der Waals surface area contributed by atoms with E-state index in [9.17, 15) is 0 Å². The van der Waals surface area contributed by atoms with Crippen LogP contribution in [0.1, 0.15) is 56.7 Å². The molecule has 5 unspecified atom stereocenters. The third-order valence-corrected chi connectivity index (χ3v) is 4.07. The number of nitrogens with zero attached hydrogens (tertiary/aromatic N) is 2.